The molecule has 1 spiro atoms. The van der Waals surface area contributed by atoms with Crippen molar-refractivity contribution in [1.82, 2.24) is 14.7 Å². The molecule has 0 atom stereocenters. The summed E-state index contributed by atoms with van der Waals surface area (Å²) in [4.78, 5) is 33.7. The molecule has 0 N–H and O–H groups in total. The summed E-state index contributed by atoms with van der Waals surface area (Å²) in [5.74, 6) is -0.0302. The number of hydrogen-bond acceptors (Lipinski definition) is 4. The Morgan fingerprint density at radius 3 is 2.27 bits per heavy atom. The van der Waals surface area contributed by atoms with E-state index in [9.17, 15) is 9.59 Å². The Morgan fingerprint density at radius 1 is 0.892 bits per heavy atom. The first kappa shape index (κ1) is 24.1. The van der Waals surface area contributed by atoms with Crippen molar-refractivity contribution in [2.24, 2.45) is 0 Å². The van der Waals surface area contributed by atoms with Crippen LogP contribution in [0.3, 0.4) is 0 Å². The zero-order valence-corrected chi connectivity index (χ0v) is 21.6. The lowest BCUT2D eigenvalue weighted by Crippen LogP contribution is -2.58. The minimum atomic E-state index is -0.746. The number of carbonyl (C=O) groups is 2. The van der Waals surface area contributed by atoms with Crippen molar-refractivity contribution in [2.45, 2.75) is 50.2 Å². The second kappa shape index (κ2) is 9.92. The van der Waals surface area contributed by atoms with Crippen molar-refractivity contribution in [3.63, 3.8) is 0 Å². The number of piperidine rings is 1. The maximum atomic E-state index is 14.0. The van der Waals surface area contributed by atoms with E-state index >= 15 is 0 Å². The van der Waals surface area contributed by atoms with Gasteiger partial charge in [-0.15, -0.1) is 0 Å². The van der Waals surface area contributed by atoms with Gasteiger partial charge in [0.2, 0.25) is 0 Å². The largest absolute Gasteiger partial charge is 0.385 e. The average Bonchev–Trinajstić information content (AvgIpc) is 3.44. The minimum absolute atomic E-state index is 0.0302. The lowest BCUT2D eigenvalue weighted by Gasteiger charge is -2.44. The van der Waals surface area contributed by atoms with Gasteiger partial charge in [0.1, 0.15) is 5.54 Å². The molecule has 2 aliphatic heterocycles. The molecule has 3 amide bonds. The van der Waals surface area contributed by atoms with Crippen LogP contribution in [0, 0.1) is 0 Å². The normalized spacial score (nSPS) is 19.9. The Bertz CT molecular complexity index is 1290. The van der Waals surface area contributed by atoms with Crippen LogP contribution in [0.4, 0.5) is 4.79 Å². The van der Waals surface area contributed by atoms with E-state index in [1.54, 1.807) is 7.11 Å². The molecule has 2 saturated heterocycles. The quantitative estimate of drug-likeness (QED) is 0.353. The first-order valence-corrected chi connectivity index (χ1v) is 13.5. The molecule has 0 saturated carbocycles. The van der Waals surface area contributed by atoms with Gasteiger partial charge >= 0.3 is 6.03 Å². The van der Waals surface area contributed by atoms with Crippen LogP contribution >= 0.6 is 0 Å². The van der Waals surface area contributed by atoms with Crippen molar-refractivity contribution in [1.29, 1.82) is 0 Å². The fraction of sp³-hybridized carbons (Fsp3) is 0.419. The summed E-state index contributed by atoms with van der Waals surface area (Å²) in [5.41, 5.74) is 3.13. The molecule has 6 nitrogen and oxygen atoms in total. The molecule has 1 aliphatic carbocycles. The van der Waals surface area contributed by atoms with E-state index in [4.69, 9.17) is 4.74 Å². The summed E-state index contributed by atoms with van der Waals surface area (Å²) in [6, 6.07) is 23.4. The molecular weight excluding hydrogens is 462 g/mol. The Labute approximate surface area is 218 Å². The SMILES string of the molecule is COCCCN1C(=O)N(Cc2ccc3ccccc3c2)C(=O)C12CCN(C1Cc3ccccc3C1)CC2. The third kappa shape index (κ3) is 4.32. The van der Waals surface area contributed by atoms with E-state index in [0.717, 1.165) is 48.7 Å². The van der Waals surface area contributed by atoms with Gasteiger partial charge in [0.05, 0.1) is 6.54 Å². The maximum Gasteiger partial charge on any atom is 0.327 e. The summed E-state index contributed by atoms with van der Waals surface area (Å²) >= 11 is 0. The van der Waals surface area contributed by atoms with E-state index in [1.165, 1.54) is 16.0 Å². The van der Waals surface area contributed by atoms with Crippen LogP contribution in [0.15, 0.2) is 66.7 Å². The highest BCUT2D eigenvalue weighted by atomic mass is 16.5. The highest BCUT2D eigenvalue weighted by molar-refractivity contribution is 6.07. The molecule has 3 aromatic carbocycles. The number of benzene rings is 3. The van der Waals surface area contributed by atoms with Crippen molar-refractivity contribution >= 4 is 22.7 Å². The minimum Gasteiger partial charge on any atom is -0.385 e. The van der Waals surface area contributed by atoms with Gasteiger partial charge in [-0.1, -0.05) is 60.7 Å². The molecule has 0 aromatic heterocycles. The van der Waals surface area contributed by atoms with Crippen molar-refractivity contribution < 1.29 is 14.3 Å². The van der Waals surface area contributed by atoms with Gasteiger partial charge < -0.3 is 9.64 Å². The van der Waals surface area contributed by atoms with Crippen LogP contribution in [-0.4, -0.2) is 71.6 Å². The number of ether oxygens (including phenoxy) is 1. The topological polar surface area (TPSA) is 53.1 Å². The van der Waals surface area contributed by atoms with Gasteiger partial charge in [0, 0.05) is 39.4 Å². The monoisotopic (exact) mass is 497 g/mol. The Balaban J connectivity index is 1.21. The summed E-state index contributed by atoms with van der Waals surface area (Å²) in [7, 11) is 1.68. The second-order valence-corrected chi connectivity index (χ2v) is 10.8. The Kier molecular flexibility index (Phi) is 6.47. The lowest BCUT2D eigenvalue weighted by atomic mass is 9.85. The summed E-state index contributed by atoms with van der Waals surface area (Å²) in [6.45, 7) is 3.10. The van der Waals surface area contributed by atoms with Crippen molar-refractivity contribution in [3.05, 3.63) is 83.4 Å². The standard InChI is InChI=1S/C31H35N3O3/c1-37-18-6-15-34-30(36)33(22-23-11-12-24-7-2-3-8-25(24)19-23)29(35)31(34)13-16-32(17-14-31)28-20-26-9-4-5-10-27(26)21-28/h2-5,7-12,19,28H,6,13-18,20-22H2,1H3. The number of urea groups is 1. The molecule has 3 aliphatic rings. The van der Waals surface area contributed by atoms with Gasteiger partial charge in [-0.2, -0.15) is 0 Å². The number of methoxy groups -OCH3 is 1. The van der Waals surface area contributed by atoms with Gasteiger partial charge in [-0.25, -0.2) is 4.79 Å². The van der Waals surface area contributed by atoms with Crippen molar-refractivity contribution in [3.8, 4) is 0 Å². The molecule has 192 valence electrons. The first-order valence-electron chi connectivity index (χ1n) is 13.5. The summed E-state index contributed by atoms with van der Waals surface area (Å²) in [5, 5.41) is 2.28. The number of carbonyl (C=O) groups excluding carboxylic acids is 2. The number of hydrogen-bond donors (Lipinski definition) is 0. The number of rotatable bonds is 7. The van der Waals surface area contributed by atoms with E-state index in [1.807, 2.05) is 23.1 Å². The van der Waals surface area contributed by atoms with Gasteiger partial charge in [0.15, 0.2) is 0 Å². The smallest absolute Gasteiger partial charge is 0.327 e. The highest BCUT2D eigenvalue weighted by Crippen LogP contribution is 2.40. The summed E-state index contributed by atoms with van der Waals surface area (Å²) in [6.07, 6.45) is 4.24. The van der Waals surface area contributed by atoms with E-state index in [2.05, 4.69) is 53.4 Å². The Hall–Kier alpha value is -3.22. The highest BCUT2D eigenvalue weighted by Gasteiger charge is 2.58. The average molecular weight is 498 g/mol. The second-order valence-electron chi connectivity index (χ2n) is 10.8. The van der Waals surface area contributed by atoms with E-state index in [0.29, 0.717) is 38.6 Å². The number of imide groups is 1. The Morgan fingerprint density at radius 2 is 1.57 bits per heavy atom. The zero-order valence-electron chi connectivity index (χ0n) is 21.6. The number of nitrogens with zero attached hydrogens (tertiary/aromatic N) is 3. The van der Waals surface area contributed by atoms with Crippen LogP contribution in [-0.2, 0) is 28.9 Å². The molecule has 2 heterocycles. The third-order valence-corrected chi connectivity index (χ3v) is 8.68. The van der Waals surface area contributed by atoms with Crippen LogP contribution in [0.1, 0.15) is 36.0 Å². The molecule has 6 rings (SSSR count). The van der Waals surface area contributed by atoms with Crippen molar-refractivity contribution in [2.75, 3.05) is 33.4 Å². The lowest BCUT2D eigenvalue weighted by molar-refractivity contribution is -0.136. The van der Waals surface area contributed by atoms with Gasteiger partial charge in [0.25, 0.3) is 5.91 Å². The zero-order chi connectivity index (χ0) is 25.4. The fourth-order valence-corrected chi connectivity index (χ4v) is 6.65. The van der Waals surface area contributed by atoms with Crippen LogP contribution < -0.4 is 0 Å². The maximum absolute atomic E-state index is 14.0. The number of likely N-dealkylation sites (tertiary alicyclic amines) is 1. The molecule has 0 radical (unpaired) electrons. The number of fused-ring (bicyclic) bond motifs is 2. The first-order chi connectivity index (χ1) is 18.1. The van der Waals surface area contributed by atoms with E-state index < -0.39 is 5.54 Å². The molecule has 3 aromatic rings. The predicted octanol–water partition coefficient (Wildman–Crippen LogP) is 4.64. The molecular formula is C31H35N3O3. The predicted molar refractivity (Wildman–Crippen MR) is 144 cm³/mol. The fourth-order valence-electron chi connectivity index (χ4n) is 6.65. The molecule has 0 bridgehead atoms. The molecule has 37 heavy (non-hydrogen) atoms. The third-order valence-electron chi connectivity index (χ3n) is 8.68. The van der Waals surface area contributed by atoms with Gasteiger partial charge in [-0.05, 0) is 65.6 Å². The molecule has 2 fully saturated rings. The number of amides is 3. The molecule has 0 unspecified atom stereocenters. The van der Waals surface area contributed by atoms with E-state index in [-0.39, 0.29) is 11.9 Å². The summed E-state index contributed by atoms with van der Waals surface area (Å²) < 4.78 is 5.27. The van der Waals surface area contributed by atoms with Crippen LogP contribution in [0.25, 0.3) is 10.8 Å². The van der Waals surface area contributed by atoms with Gasteiger partial charge in [-0.3, -0.25) is 14.6 Å². The van der Waals surface area contributed by atoms with Crippen LogP contribution in [0.5, 0.6) is 0 Å². The van der Waals surface area contributed by atoms with Crippen LogP contribution in [0.2, 0.25) is 0 Å². The molecule has 6 heteroatoms.